The fourth-order valence-electron chi connectivity index (χ4n) is 2.29. The molecule has 1 atom stereocenters. The van der Waals surface area contributed by atoms with E-state index in [1.54, 1.807) is 0 Å². The van der Waals surface area contributed by atoms with E-state index in [4.69, 9.17) is 0 Å². The van der Waals surface area contributed by atoms with Gasteiger partial charge in [0.15, 0.2) is 0 Å². The molecule has 0 heterocycles. The average molecular weight is 214 g/mol. The van der Waals surface area contributed by atoms with Crippen molar-refractivity contribution in [2.75, 3.05) is 27.2 Å². The predicted molar refractivity (Wildman–Crippen MR) is 70.1 cm³/mol. The minimum atomic E-state index is 0.941. The first-order valence-electron chi connectivity index (χ1n) is 6.87. The zero-order valence-electron chi connectivity index (χ0n) is 11.7. The first-order valence-corrected chi connectivity index (χ1v) is 6.87. The number of rotatable bonds is 9. The zero-order chi connectivity index (χ0) is 11.7. The van der Waals surface area contributed by atoms with E-state index in [9.17, 15) is 0 Å². The number of hydrogen-bond donors (Lipinski definition) is 0. The van der Waals surface area contributed by atoms with Gasteiger partial charge in [-0.3, -0.25) is 0 Å². The van der Waals surface area contributed by atoms with Gasteiger partial charge in [0.25, 0.3) is 0 Å². The Morgan fingerprint density at radius 2 is 1.53 bits per heavy atom. The summed E-state index contributed by atoms with van der Waals surface area (Å²) >= 11 is 0. The maximum Gasteiger partial charge on any atom is 0.0810 e. The number of nitrogens with zero attached hydrogens (tertiary/aromatic N) is 1. The Morgan fingerprint density at radius 3 is 2.00 bits per heavy atom. The molecule has 0 aliphatic carbocycles. The summed E-state index contributed by atoms with van der Waals surface area (Å²) < 4.78 is 1.22. The molecule has 0 aromatic carbocycles. The highest BCUT2D eigenvalue weighted by Gasteiger charge is 2.19. The third kappa shape index (κ3) is 7.84. The van der Waals surface area contributed by atoms with Crippen LogP contribution >= 0.6 is 0 Å². The molecule has 0 unspecified atom stereocenters. The molecule has 1 heteroatoms. The maximum atomic E-state index is 2.39. The number of quaternary nitrogens is 1. The number of unbranched alkanes of at least 4 members (excludes halogenated alkanes) is 2. The van der Waals surface area contributed by atoms with Crippen LogP contribution in [-0.4, -0.2) is 31.7 Å². The molecule has 15 heavy (non-hydrogen) atoms. The molecule has 0 amide bonds. The standard InChI is InChI=1S/C14H32N/c1-6-9-11-14(8-3)13-15(4,5)12-10-7-2/h14H,6-13H2,1-5H3/q+1/t14-/m0/s1. The van der Waals surface area contributed by atoms with Crippen LogP contribution in [0.3, 0.4) is 0 Å². The Hall–Kier alpha value is -0.0400. The molecule has 0 radical (unpaired) electrons. The van der Waals surface area contributed by atoms with Gasteiger partial charge in [-0.25, -0.2) is 0 Å². The third-order valence-corrected chi connectivity index (χ3v) is 3.41. The van der Waals surface area contributed by atoms with E-state index >= 15 is 0 Å². The first kappa shape index (κ1) is 15.0. The van der Waals surface area contributed by atoms with Gasteiger partial charge in [0.05, 0.1) is 27.2 Å². The fraction of sp³-hybridized carbons (Fsp3) is 1.00. The van der Waals surface area contributed by atoms with E-state index in [0.717, 1.165) is 5.92 Å². The van der Waals surface area contributed by atoms with Crippen molar-refractivity contribution in [2.45, 2.75) is 59.3 Å². The van der Waals surface area contributed by atoms with Crippen LogP contribution in [0.15, 0.2) is 0 Å². The molecule has 0 aromatic rings. The molecule has 0 aliphatic heterocycles. The Morgan fingerprint density at radius 1 is 0.933 bits per heavy atom. The maximum absolute atomic E-state index is 2.39. The summed E-state index contributed by atoms with van der Waals surface area (Å²) in [5, 5.41) is 0. The Kier molecular flexibility index (Phi) is 8.13. The highest BCUT2D eigenvalue weighted by Crippen LogP contribution is 2.17. The summed E-state index contributed by atoms with van der Waals surface area (Å²) in [5.74, 6) is 0.941. The summed E-state index contributed by atoms with van der Waals surface area (Å²) in [7, 11) is 4.79. The lowest BCUT2D eigenvalue weighted by Gasteiger charge is -2.33. The molecule has 92 valence electrons. The van der Waals surface area contributed by atoms with Crippen LogP contribution in [0.5, 0.6) is 0 Å². The molecule has 0 bridgehead atoms. The van der Waals surface area contributed by atoms with E-state index in [-0.39, 0.29) is 0 Å². The topological polar surface area (TPSA) is 0 Å². The molecule has 0 rings (SSSR count). The van der Waals surface area contributed by atoms with Gasteiger partial charge in [0.2, 0.25) is 0 Å². The van der Waals surface area contributed by atoms with Crippen LogP contribution in [0.2, 0.25) is 0 Å². The molecule has 0 aromatic heterocycles. The predicted octanol–water partition coefficient (Wildman–Crippen LogP) is 4.08. The van der Waals surface area contributed by atoms with Crippen molar-refractivity contribution in [1.82, 2.24) is 0 Å². The van der Waals surface area contributed by atoms with Crippen molar-refractivity contribution in [3.63, 3.8) is 0 Å². The van der Waals surface area contributed by atoms with Crippen LogP contribution in [0.1, 0.15) is 59.3 Å². The second-order valence-corrected chi connectivity index (χ2v) is 5.61. The Bertz CT molecular complexity index is 140. The summed E-state index contributed by atoms with van der Waals surface area (Å²) in [5.41, 5.74) is 0. The molecule has 0 saturated carbocycles. The van der Waals surface area contributed by atoms with Gasteiger partial charge < -0.3 is 4.48 Å². The van der Waals surface area contributed by atoms with Gasteiger partial charge in [-0.15, -0.1) is 0 Å². The lowest BCUT2D eigenvalue weighted by Crippen LogP contribution is -2.44. The SMILES string of the molecule is CCCC[C@H](CC)C[N+](C)(C)CCCC. The van der Waals surface area contributed by atoms with Crippen LogP contribution < -0.4 is 0 Å². The third-order valence-electron chi connectivity index (χ3n) is 3.41. The van der Waals surface area contributed by atoms with Gasteiger partial charge in [-0.2, -0.15) is 0 Å². The monoisotopic (exact) mass is 214 g/mol. The first-order chi connectivity index (χ1) is 7.05. The van der Waals surface area contributed by atoms with Gasteiger partial charge in [-0.1, -0.05) is 40.0 Å². The number of hydrogen-bond acceptors (Lipinski definition) is 0. The smallest absolute Gasteiger partial charge is 0.0810 e. The van der Waals surface area contributed by atoms with Gasteiger partial charge in [-0.05, 0) is 19.3 Å². The van der Waals surface area contributed by atoms with E-state index in [0.29, 0.717) is 0 Å². The molecule has 0 N–H and O–H groups in total. The van der Waals surface area contributed by atoms with Crippen LogP contribution in [0.4, 0.5) is 0 Å². The van der Waals surface area contributed by atoms with E-state index in [2.05, 4.69) is 34.9 Å². The van der Waals surface area contributed by atoms with Crippen molar-refractivity contribution in [2.24, 2.45) is 5.92 Å². The van der Waals surface area contributed by atoms with Crippen LogP contribution in [-0.2, 0) is 0 Å². The molecular formula is C14H32N+. The highest BCUT2D eigenvalue weighted by atomic mass is 15.3. The van der Waals surface area contributed by atoms with E-state index < -0.39 is 0 Å². The normalized spacial score (nSPS) is 14.2. The molecule has 0 saturated heterocycles. The van der Waals surface area contributed by atoms with E-state index in [1.165, 1.54) is 56.1 Å². The van der Waals surface area contributed by atoms with E-state index in [1.807, 2.05) is 0 Å². The average Bonchev–Trinajstić information content (AvgIpc) is 2.21. The molecule has 0 spiro atoms. The second kappa shape index (κ2) is 8.15. The van der Waals surface area contributed by atoms with Crippen LogP contribution in [0.25, 0.3) is 0 Å². The largest absolute Gasteiger partial charge is 0.328 e. The fourth-order valence-corrected chi connectivity index (χ4v) is 2.29. The van der Waals surface area contributed by atoms with Gasteiger partial charge in [0.1, 0.15) is 0 Å². The Balaban J connectivity index is 3.90. The second-order valence-electron chi connectivity index (χ2n) is 5.61. The summed E-state index contributed by atoms with van der Waals surface area (Å²) in [6, 6.07) is 0. The molecule has 0 aliphatic rings. The van der Waals surface area contributed by atoms with Crippen LogP contribution in [0, 0.1) is 5.92 Å². The lowest BCUT2D eigenvalue weighted by molar-refractivity contribution is -0.894. The Labute approximate surface area is 97.5 Å². The summed E-state index contributed by atoms with van der Waals surface area (Å²) in [6.45, 7) is 9.65. The van der Waals surface area contributed by atoms with Gasteiger partial charge in [0, 0.05) is 5.92 Å². The minimum absolute atomic E-state index is 0.941. The zero-order valence-corrected chi connectivity index (χ0v) is 11.7. The highest BCUT2D eigenvalue weighted by molar-refractivity contribution is 4.56. The van der Waals surface area contributed by atoms with Crippen molar-refractivity contribution in [1.29, 1.82) is 0 Å². The quantitative estimate of drug-likeness (QED) is 0.507. The molecule has 1 nitrogen and oxygen atoms in total. The van der Waals surface area contributed by atoms with Gasteiger partial charge >= 0.3 is 0 Å². The van der Waals surface area contributed by atoms with Crippen molar-refractivity contribution >= 4 is 0 Å². The minimum Gasteiger partial charge on any atom is -0.328 e. The summed E-state index contributed by atoms with van der Waals surface area (Å²) in [4.78, 5) is 0. The summed E-state index contributed by atoms with van der Waals surface area (Å²) in [6.07, 6.45) is 8.24. The van der Waals surface area contributed by atoms with Crippen molar-refractivity contribution in [3.8, 4) is 0 Å². The lowest BCUT2D eigenvalue weighted by atomic mass is 9.98. The molecular weight excluding hydrogens is 182 g/mol. The molecule has 0 fully saturated rings. The van der Waals surface area contributed by atoms with Crippen molar-refractivity contribution < 1.29 is 4.48 Å². The van der Waals surface area contributed by atoms with Crippen molar-refractivity contribution in [3.05, 3.63) is 0 Å².